The normalized spacial score (nSPS) is 23.2. The largest absolute Gasteiger partial charge is 0.377 e. The van der Waals surface area contributed by atoms with Gasteiger partial charge in [0.05, 0.1) is 12.3 Å². The summed E-state index contributed by atoms with van der Waals surface area (Å²) < 4.78 is 5.63. The Bertz CT molecular complexity index is 305. The van der Waals surface area contributed by atoms with Gasteiger partial charge in [0, 0.05) is 30.5 Å². The van der Waals surface area contributed by atoms with Crippen LogP contribution in [0.3, 0.4) is 0 Å². The van der Waals surface area contributed by atoms with E-state index in [9.17, 15) is 0 Å². The second kappa shape index (κ2) is 4.77. The molecule has 15 heavy (non-hydrogen) atoms. The van der Waals surface area contributed by atoms with Gasteiger partial charge in [0.1, 0.15) is 0 Å². The molecule has 4 nitrogen and oxygen atoms in total. The minimum atomic E-state index is 0.386. The Hall–Kier alpha value is -0.870. The highest BCUT2D eigenvalue weighted by Crippen LogP contribution is 2.15. The van der Waals surface area contributed by atoms with Crippen molar-refractivity contribution in [1.82, 2.24) is 15.5 Å². The molecule has 0 spiro atoms. The second-order valence-corrected chi connectivity index (χ2v) is 4.24. The van der Waals surface area contributed by atoms with E-state index in [4.69, 9.17) is 4.74 Å². The third-order valence-electron chi connectivity index (χ3n) is 3.07. The van der Waals surface area contributed by atoms with E-state index in [-0.39, 0.29) is 0 Å². The van der Waals surface area contributed by atoms with Crippen LogP contribution in [0.15, 0.2) is 6.20 Å². The van der Waals surface area contributed by atoms with Crippen LogP contribution in [0.25, 0.3) is 0 Å². The molecule has 1 aromatic rings. The topological polar surface area (TPSA) is 49.9 Å². The van der Waals surface area contributed by atoms with Gasteiger partial charge in [-0.1, -0.05) is 0 Å². The summed E-state index contributed by atoms with van der Waals surface area (Å²) in [6, 6.07) is 0.418. The molecule has 1 saturated heterocycles. The number of rotatable bonds is 4. The summed E-state index contributed by atoms with van der Waals surface area (Å²) in [5.41, 5.74) is 2.38. The highest BCUT2D eigenvalue weighted by Gasteiger charge is 2.21. The maximum atomic E-state index is 5.63. The Balaban J connectivity index is 1.80. The number of nitrogens with one attached hydrogen (secondary N) is 2. The summed E-state index contributed by atoms with van der Waals surface area (Å²) in [6.07, 6.45) is 4.64. The number of aryl methyl sites for hydroxylation is 1. The average molecular weight is 209 g/mol. The molecule has 0 amide bonds. The van der Waals surface area contributed by atoms with E-state index in [1.54, 1.807) is 0 Å². The molecule has 0 saturated carbocycles. The molecule has 0 aromatic carbocycles. The van der Waals surface area contributed by atoms with Crippen molar-refractivity contribution >= 4 is 0 Å². The number of aromatic nitrogens is 2. The number of hydrogen-bond acceptors (Lipinski definition) is 3. The van der Waals surface area contributed by atoms with Gasteiger partial charge in [-0.15, -0.1) is 0 Å². The lowest BCUT2D eigenvalue weighted by Crippen LogP contribution is -2.36. The summed E-state index contributed by atoms with van der Waals surface area (Å²) in [6.45, 7) is 6.01. The molecule has 2 atom stereocenters. The molecule has 0 aliphatic carbocycles. The number of nitrogens with zero attached hydrogens (tertiary/aromatic N) is 1. The Morgan fingerprint density at radius 3 is 3.20 bits per heavy atom. The maximum Gasteiger partial charge on any atom is 0.0726 e. The van der Waals surface area contributed by atoms with Gasteiger partial charge < -0.3 is 10.1 Å². The van der Waals surface area contributed by atoms with Crippen molar-refractivity contribution in [1.29, 1.82) is 0 Å². The molecule has 1 aliphatic rings. The minimum absolute atomic E-state index is 0.386. The monoisotopic (exact) mass is 209 g/mol. The van der Waals surface area contributed by atoms with Crippen molar-refractivity contribution < 1.29 is 4.74 Å². The van der Waals surface area contributed by atoms with Crippen LogP contribution >= 0.6 is 0 Å². The number of hydrogen-bond donors (Lipinski definition) is 2. The Labute approximate surface area is 90.4 Å². The zero-order valence-corrected chi connectivity index (χ0v) is 9.42. The lowest BCUT2D eigenvalue weighted by Gasteiger charge is -2.19. The number of aromatic amines is 1. The molecule has 1 aromatic heterocycles. The molecule has 2 heterocycles. The first kappa shape index (κ1) is 10.6. The van der Waals surface area contributed by atoms with Gasteiger partial charge in [-0.05, 0) is 26.7 Å². The van der Waals surface area contributed by atoms with Gasteiger partial charge in [0.25, 0.3) is 0 Å². The molecule has 0 radical (unpaired) electrons. The third-order valence-corrected chi connectivity index (χ3v) is 3.07. The lowest BCUT2D eigenvalue weighted by atomic mass is 10.1. The summed E-state index contributed by atoms with van der Waals surface area (Å²) in [7, 11) is 0. The van der Waals surface area contributed by atoms with Crippen molar-refractivity contribution in [3.05, 3.63) is 17.5 Å². The van der Waals surface area contributed by atoms with Crippen LogP contribution in [0.5, 0.6) is 0 Å². The zero-order chi connectivity index (χ0) is 10.7. The summed E-state index contributed by atoms with van der Waals surface area (Å²) in [4.78, 5) is 0. The summed E-state index contributed by atoms with van der Waals surface area (Å²) in [5.74, 6) is 0. The minimum Gasteiger partial charge on any atom is -0.377 e. The van der Waals surface area contributed by atoms with E-state index in [0.29, 0.717) is 12.1 Å². The molecular weight excluding hydrogens is 190 g/mol. The Morgan fingerprint density at radius 2 is 2.60 bits per heavy atom. The van der Waals surface area contributed by atoms with Crippen LogP contribution in [0, 0.1) is 6.92 Å². The highest BCUT2D eigenvalue weighted by molar-refractivity contribution is 5.13. The van der Waals surface area contributed by atoms with E-state index in [2.05, 4.69) is 22.4 Å². The van der Waals surface area contributed by atoms with Crippen LogP contribution in [0.1, 0.15) is 31.0 Å². The fourth-order valence-electron chi connectivity index (χ4n) is 1.95. The van der Waals surface area contributed by atoms with Gasteiger partial charge in [-0.2, -0.15) is 5.10 Å². The quantitative estimate of drug-likeness (QED) is 0.787. The average Bonchev–Trinajstić information content (AvgIpc) is 2.85. The Morgan fingerprint density at radius 1 is 1.73 bits per heavy atom. The number of H-pyrrole nitrogens is 1. The van der Waals surface area contributed by atoms with E-state index in [1.807, 2.05) is 13.1 Å². The molecule has 2 rings (SSSR count). The van der Waals surface area contributed by atoms with Crippen molar-refractivity contribution in [3.8, 4) is 0 Å². The summed E-state index contributed by atoms with van der Waals surface area (Å²) >= 11 is 0. The van der Waals surface area contributed by atoms with Crippen molar-refractivity contribution in [2.75, 3.05) is 6.61 Å². The molecular formula is C11H19N3O. The fraction of sp³-hybridized carbons (Fsp3) is 0.727. The van der Waals surface area contributed by atoms with Gasteiger partial charge in [0.2, 0.25) is 0 Å². The first-order valence-electron chi connectivity index (χ1n) is 5.61. The van der Waals surface area contributed by atoms with E-state index in [0.717, 1.165) is 18.8 Å². The van der Waals surface area contributed by atoms with Crippen LogP contribution < -0.4 is 5.32 Å². The molecule has 84 valence electrons. The molecule has 1 aliphatic heterocycles. The summed E-state index contributed by atoms with van der Waals surface area (Å²) in [5, 5.41) is 10.4. The van der Waals surface area contributed by atoms with Crippen LogP contribution in [-0.4, -0.2) is 29.0 Å². The maximum absolute atomic E-state index is 5.63. The smallest absolute Gasteiger partial charge is 0.0726 e. The predicted octanol–water partition coefficient (Wildman–Crippen LogP) is 1.38. The fourth-order valence-corrected chi connectivity index (χ4v) is 1.95. The Kier molecular flexibility index (Phi) is 3.38. The van der Waals surface area contributed by atoms with Gasteiger partial charge in [0.15, 0.2) is 0 Å². The first-order chi connectivity index (χ1) is 7.27. The molecule has 1 fully saturated rings. The SMILES string of the molecule is Cc1[nH]ncc1CN[C@H](C)[C@@H]1CCCO1. The van der Waals surface area contributed by atoms with Crippen molar-refractivity contribution in [2.24, 2.45) is 0 Å². The van der Waals surface area contributed by atoms with Crippen molar-refractivity contribution in [3.63, 3.8) is 0 Å². The molecule has 0 unspecified atom stereocenters. The van der Waals surface area contributed by atoms with Gasteiger partial charge in [-0.3, -0.25) is 5.10 Å². The predicted molar refractivity (Wildman–Crippen MR) is 58.6 cm³/mol. The van der Waals surface area contributed by atoms with Gasteiger partial charge >= 0.3 is 0 Å². The number of ether oxygens (including phenoxy) is 1. The third kappa shape index (κ3) is 2.58. The molecule has 4 heteroatoms. The zero-order valence-electron chi connectivity index (χ0n) is 9.42. The van der Waals surface area contributed by atoms with Crippen LogP contribution in [0.2, 0.25) is 0 Å². The van der Waals surface area contributed by atoms with Crippen LogP contribution in [0.4, 0.5) is 0 Å². The molecule has 2 N–H and O–H groups in total. The van der Waals surface area contributed by atoms with Gasteiger partial charge in [-0.25, -0.2) is 0 Å². The van der Waals surface area contributed by atoms with Crippen LogP contribution in [-0.2, 0) is 11.3 Å². The van der Waals surface area contributed by atoms with E-state index in [1.165, 1.54) is 18.4 Å². The van der Waals surface area contributed by atoms with E-state index < -0.39 is 0 Å². The van der Waals surface area contributed by atoms with E-state index >= 15 is 0 Å². The highest BCUT2D eigenvalue weighted by atomic mass is 16.5. The molecule has 0 bridgehead atoms. The first-order valence-corrected chi connectivity index (χ1v) is 5.61. The standard InChI is InChI=1S/C11H19N3O/c1-8-10(7-13-14-8)6-12-9(2)11-4-3-5-15-11/h7,9,11-12H,3-6H2,1-2H3,(H,13,14)/t9-,11+/m1/s1. The van der Waals surface area contributed by atoms with Crippen molar-refractivity contribution in [2.45, 2.75) is 45.4 Å². The second-order valence-electron chi connectivity index (χ2n) is 4.24. The lowest BCUT2D eigenvalue weighted by molar-refractivity contribution is 0.0832.